The number of hydrogen-bond donors (Lipinski definition) is 2. The second kappa shape index (κ2) is 10.4. The van der Waals surface area contributed by atoms with Crippen LogP contribution in [0.15, 0.2) is 77.4 Å². The third-order valence-corrected chi connectivity index (χ3v) is 4.87. The molecular weight excluding hydrogens is 420 g/mol. The number of para-hydroxylation sites is 1. The van der Waals surface area contributed by atoms with Crippen LogP contribution in [0.2, 0.25) is 0 Å². The van der Waals surface area contributed by atoms with Gasteiger partial charge in [-0.1, -0.05) is 35.5 Å². The SMILES string of the molecule is COCCN(C)c1ccnc(-c2nc(-c3cccc(NC(=O)Nc4ccccc4)c3)no2)c1. The number of nitrogens with zero attached hydrogens (tertiary/aromatic N) is 4. The third-order valence-electron chi connectivity index (χ3n) is 4.87. The van der Waals surface area contributed by atoms with E-state index in [1.54, 1.807) is 25.4 Å². The second-order valence-corrected chi connectivity index (χ2v) is 7.26. The lowest BCUT2D eigenvalue weighted by atomic mass is 10.2. The normalized spacial score (nSPS) is 10.6. The number of nitrogens with one attached hydrogen (secondary N) is 2. The quantitative estimate of drug-likeness (QED) is 0.411. The number of pyridine rings is 1. The molecule has 0 unspecified atom stereocenters. The molecule has 0 radical (unpaired) electrons. The van der Waals surface area contributed by atoms with E-state index in [1.165, 1.54) is 0 Å². The number of carbonyl (C=O) groups excluding carboxylic acids is 1. The van der Waals surface area contributed by atoms with Gasteiger partial charge >= 0.3 is 6.03 Å². The number of benzene rings is 2. The van der Waals surface area contributed by atoms with Crippen LogP contribution in [0.3, 0.4) is 0 Å². The summed E-state index contributed by atoms with van der Waals surface area (Å²) in [5.41, 5.74) is 3.55. The molecule has 2 aromatic heterocycles. The van der Waals surface area contributed by atoms with E-state index in [9.17, 15) is 4.79 Å². The number of ether oxygens (including phenoxy) is 1. The Hall–Kier alpha value is -4.24. The summed E-state index contributed by atoms with van der Waals surface area (Å²) in [7, 11) is 3.65. The number of amides is 2. The Kier molecular flexibility index (Phi) is 6.91. The average molecular weight is 444 g/mol. The van der Waals surface area contributed by atoms with Crippen molar-refractivity contribution < 1.29 is 14.1 Å². The molecule has 0 spiro atoms. The lowest BCUT2D eigenvalue weighted by molar-refractivity contribution is 0.206. The first-order valence-electron chi connectivity index (χ1n) is 10.4. The van der Waals surface area contributed by atoms with Gasteiger partial charge in [-0.3, -0.25) is 4.98 Å². The van der Waals surface area contributed by atoms with E-state index < -0.39 is 0 Å². The molecule has 2 amide bonds. The van der Waals surface area contributed by atoms with E-state index in [1.807, 2.05) is 61.6 Å². The van der Waals surface area contributed by atoms with Gasteiger partial charge in [0, 0.05) is 49.5 Å². The predicted octanol–water partition coefficient (Wildman–Crippen LogP) is 4.53. The summed E-state index contributed by atoms with van der Waals surface area (Å²) < 4.78 is 10.6. The van der Waals surface area contributed by atoms with Gasteiger partial charge in [-0.2, -0.15) is 4.98 Å². The molecule has 0 saturated carbocycles. The van der Waals surface area contributed by atoms with E-state index >= 15 is 0 Å². The Morgan fingerprint density at radius 1 is 1.03 bits per heavy atom. The molecule has 0 aliphatic rings. The molecule has 33 heavy (non-hydrogen) atoms. The van der Waals surface area contributed by atoms with Crippen LogP contribution in [-0.2, 0) is 4.74 Å². The summed E-state index contributed by atoms with van der Waals surface area (Å²) in [6.45, 7) is 1.36. The van der Waals surface area contributed by atoms with Gasteiger partial charge in [-0.25, -0.2) is 4.79 Å². The molecule has 4 aromatic rings. The number of anilines is 3. The first-order valence-corrected chi connectivity index (χ1v) is 10.4. The van der Waals surface area contributed by atoms with Crippen molar-refractivity contribution in [3.63, 3.8) is 0 Å². The van der Waals surface area contributed by atoms with Crippen LogP contribution in [0, 0.1) is 0 Å². The maximum atomic E-state index is 12.3. The fourth-order valence-corrected chi connectivity index (χ4v) is 3.13. The predicted molar refractivity (Wildman–Crippen MR) is 127 cm³/mol. The molecule has 0 aliphatic carbocycles. The van der Waals surface area contributed by atoms with Gasteiger partial charge in [-0.05, 0) is 36.4 Å². The number of urea groups is 1. The van der Waals surface area contributed by atoms with Crippen LogP contribution in [0.25, 0.3) is 23.0 Å². The van der Waals surface area contributed by atoms with Gasteiger partial charge in [0.25, 0.3) is 5.89 Å². The first kappa shape index (κ1) is 22.0. The number of rotatable bonds is 8. The Balaban J connectivity index is 1.47. The highest BCUT2D eigenvalue weighted by molar-refractivity contribution is 6.00. The summed E-state index contributed by atoms with van der Waals surface area (Å²) in [6, 6.07) is 19.9. The van der Waals surface area contributed by atoms with Crippen molar-refractivity contribution in [3.8, 4) is 23.0 Å². The zero-order chi connectivity index (χ0) is 23.0. The van der Waals surface area contributed by atoms with Crippen molar-refractivity contribution >= 4 is 23.1 Å². The Morgan fingerprint density at radius 2 is 1.82 bits per heavy atom. The minimum Gasteiger partial charge on any atom is -0.383 e. The summed E-state index contributed by atoms with van der Waals surface area (Å²) >= 11 is 0. The molecule has 0 aliphatic heterocycles. The molecule has 9 heteroatoms. The first-order chi connectivity index (χ1) is 16.1. The topological polar surface area (TPSA) is 105 Å². The van der Waals surface area contributed by atoms with E-state index in [-0.39, 0.29) is 6.03 Å². The standard InChI is InChI=1S/C24H24N6O3/c1-30(13-14-32-2)20-11-12-25-21(16-20)23-28-22(29-33-23)17-7-6-10-19(15-17)27-24(31)26-18-8-4-3-5-9-18/h3-12,15-16H,13-14H2,1-2H3,(H2,26,27,31). The molecule has 4 rings (SSSR count). The number of aromatic nitrogens is 3. The van der Waals surface area contributed by atoms with Gasteiger partial charge in [0.05, 0.1) is 6.61 Å². The van der Waals surface area contributed by atoms with Crippen LogP contribution >= 0.6 is 0 Å². The van der Waals surface area contributed by atoms with E-state index in [4.69, 9.17) is 9.26 Å². The van der Waals surface area contributed by atoms with Crippen molar-refractivity contribution in [1.29, 1.82) is 0 Å². The molecule has 168 valence electrons. The zero-order valence-electron chi connectivity index (χ0n) is 18.4. The minimum atomic E-state index is -0.342. The highest BCUT2D eigenvalue weighted by Gasteiger charge is 2.14. The fraction of sp³-hybridized carbons (Fsp3) is 0.167. The van der Waals surface area contributed by atoms with E-state index in [0.717, 1.165) is 12.2 Å². The summed E-state index contributed by atoms with van der Waals surface area (Å²) in [5.74, 6) is 0.712. The number of methoxy groups -OCH3 is 1. The number of likely N-dealkylation sites (N-methyl/N-ethyl adjacent to an activating group) is 1. The molecule has 0 atom stereocenters. The fourth-order valence-electron chi connectivity index (χ4n) is 3.13. The van der Waals surface area contributed by atoms with Gasteiger partial charge in [0.2, 0.25) is 5.82 Å². The van der Waals surface area contributed by atoms with Crippen LogP contribution in [0.4, 0.5) is 21.9 Å². The second-order valence-electron chi connectivity index (χ2n) is 7.26. The third kappa shape index (κ3) is 5.72. The van der Waals surface area contributed by atoms with Gasteiger partial charge in [0.15, 0.2) is 0 Å². The molecular formula is C24H24N6O3. The summed E-state index contributed by atoms with van der Waals surface area (Å²) in [6.07, 6.45) is 1.70. The highest BCUT2D eigenvalue weighted by Crippen LogP contribution is 2.25. The minimum absolute atomic E-state index is 0.312. The average Bonchev–Trinajstić information content (AvgIpc) is 3.34. The highest BCUT2D eigenvalue weighted by atomic mass is 16.5. The smallest absolute Gasteiger partial charge is 0.323 e. The molecule has 9 nitrogen and oxygen atoms in total. The van der Waals surface area contributed by atoms with Crippen LogP contribution in [0.1, 0.15) is 0 Å². The van der Waals surface area contributed by atoms with Crippen molar-refractivity contribution in [3.05, 3.63) is 72.9 Å². The van der Waals surface area contributed by atoms with Crippen LogP contribution in [-0.4, -0.2) is 48.5 Å². The Labute approximate surface area is 191 Å². The van der Waals surface area contributed by atoms with Crippen molar-refractivity contribution in [1.82, 2.24) is 15.1 Å². The molecule has 2 heterocycles. The van der Waals surface area contributed by atoms with Crippen molar-refractivity contribution in [2.75, 3.05) is 42.8 Å². The number of carbonyl (C=O) groups is 1. The molecule has 0 fully saturated rings. The van der Waals surface area contributed by atoms with Gasteiger partial charge in [0.1, 0.15) is 5.69 Å². The maximum Gasteiger partial charge on any atom is 0.323 e. The lowest BCUT2D eigenvalue weighted by Gasteiger charge is -2.18. The molecule has 0 bridgehead atoms. The molecule has 2 aromatic carbocycles. The van der Waals surface area contributed by atoms with Crippen LogP contribution < -0.4 is 15.5 Å². The van der Waals surface area contributed by atoms with E-state index in [2.05, 4.69) is 30.7 Å². The lowest BCUT2D eigenvalue weighted by Crippen LogP contribution is -2.22. The van der Waals surface area contributed by atoms with Gasteiger partial charge < -0.3 is 24.8 Å². The van der Waals surface area contributed by atoms with Crippen molar-refractivity contribution in [2.24, 2.45) is 0 Å². The Morgan fingerprint density at radius 3 is 2.64 bits per heavy atom. The van der Waals surface area contributed by atoms with E-state index in [0.29, 0.717) is 41.0 Å². The Bertz CT molecular complexity index is 1210. The summed E-state index contributed by atoms with van der Waals surface area (Å²) in [5, 5.41) is 9.68. The molecule has 0 saturated heterocycles. The van der Waals surface area contributed by atoms with Crippen LogP contribution in [0.5, 0.6) is 0 Å². The van der Waals surface area contributed by atoms with Gasteiger partial charge in [-0.15, -0.1) is 0 Å². The zero-order valence-corrected chi connectivity index (χ0v) is 18.4. The molecule has 2 N–H and O–H groups in total. The van der Waals surface area contributed by atoms with Crippen molar-refractivity contribution in [2.45, 2.75) is 0 Å². The maximum absolute atomic E-state index is 12.3. The summed E-state index contributed by atoms with van der Waals surface area (Å²) in [4.78, 5) is 23.2. The monoisotopic (exact) mass is 444 g/mol. The largest absolute Gasteiger partial charge is 0.383 e. The number of hydrogen-bond acceptors (Lipinski definition) is 7.